The van der Waals surface area contributed by atoms with E-state index in [9.17, 15) is 0 Å². The monoisotopic (exact) mass is 361 g/mol. The number of hydrogen-bond donors (Lipinski definition) is 0. The molecule has 0 radical (unpaired) electrons. The Labute approximate surface area is 143 Å². The summed E-state index contributed by atoms with van der Waals surface area (Å²) in [6.45, 7) is 22.8. The largest absolute Gasteiger partial charge is 0.454 e. The van der Waals surface area contributed by atoms with E-state index in [-0.39, 0.29) is 11.1 Å². The predicted molar refractivity (Wildman–Crippen MR) is 110 cm³/mol. The van der Waals surface area contributed by atoms with Gasteiger partial charge in [0.25, 0.3) is 0 Å². The highest BCUT2D eigenvalue weighted by atomic mass is 31.1. The van der Waals surface area contributed by atoms with E-state index in [0.29, 0.717) is 13.4 Å². The van der Waals surface area contributed by atoms with Gasteiger partial charge >= 0.3 is 6.84 Å². The minimum Gasteiger partial charge on any atom is -0.305 e. The third-order valence-electron chi connectivity index (χ3n) is 5.14. The minimum absolute atomic E-state index is 0.0163. The number of rotatable bonds is 5. The standard InChI is InChI=1S/C16H38BFNPSi2/c1-15(2)12-11-13-16(3,4)19(15)17(18)20-14(21(5,6)7)22(8,9)10/h14,20H,11-13H2,1-10H3. The molecule has 0 N–H and O–H groups in total. The summed E-state index contributed by atoms with van der Waals surface area (Å²) in [5.74, 6) is 0. The van der Waals surface area contributed by atoms with Crippen LogP contribution in [0.15, 0.2) is 0 Å². The van der Waals surface area contributed by atoms with Crippen molar-refractivity contribution in [2.24, 2.45) is 0 Å². The van der Waals surface area contributed by atoms with Crippen LogP contribution >= 0.6 is 8.46 Å². The van der Waals surface area contributed by atoms with Crippen LogP contribution < -0.4 is 0 Å². The summed E-state index contributed by atoms with van der Waals surface area (Å²) < 4.78 is 15.6. The quantitative estimate of drug-likeness (QED) is 0.443. The molecular weight excluding hydrogens is 323 g/mol. The molecule has 1 nitrogen and oxygen atoms in total. The second-order valence-electron chi connectivity index (χ2n) is 10.5. The van der Waals surface area contributed by atoms with Crippen LogP contribution in [0.5, 0.6) is 0 Å². The van der Waals surface area contributed by atoms with Gasteiger partial charge < -0.3 is 4.32 Å². The fraction of sp³-hybridized carbons (Fsp3) is 1.00. The highest BCUT2D eigenvalue weighted by Gasteiger charge is 2.50. The van der Waals surface area contributed by atoms with Crippen LogP contribution in [0.2, 0.25) is 39.3 Å². The van der Waals surface area contributed by atoms with Crippen molar-refractivity contribution in [3.63, 3.8) is 0 Å². The molecule has 1 atom stereocenters. The minimum atomic E-state index is -1.33. The Bertz CT molecular complexity index is 361. The zero-order valence-electron chi connectivity index (χ0n) is 16.6. The van der Waals surface area contributed by atoms with Crippen molar-refractivity contribution >= 4 is 31.5 Å². The molecule has 130 valence electrons. The average Bonchev–Trinajstić information content (AvgIpc) is 2.19. The summed E-state index contributed by atoms with van der Waals surface area (Å²) in [4.78, 5) is 2.89. The summed E-state index contributed by atoms with van der Waals surface area (Å²) in [6, 6.07) is 0. The van der Waals surface area contributed by atoms with Crippen LogP contribution in [0.25, 0.3) is 0 Å². The first-order valence-corrected chi connectivity index (χ1v) is 17.1. The Morgan fingerprint density at radius 1 is 0.909 bits per heavy atom. The van der Waals surface area contributed by atoms with Crippen molar-refractivity contribution in [3.05, 3.63) is 0 Å². The Hall–Kier alpha value is 0.819. The maximum absolute atomic E-state index is 15.6. The summed E-state index contributed by atoms with van der Waals surface area (Å²) >= 11 is 0. The molecule has 0 amide bonds. The third kappa shape index (κ3) is 4.91. The molecule has 0 aromatic rings. The van der Waals surface area contributed by atoms with Gasteiger partial charge in [-0.1, -0.05) is 39.3 Å². The lowest BCUT2D eigenvalue weighted by Gasteiger charge is -2.54. The number of hydrogen-bond acceptors (Lipinski definition) is 1. The summed E-state index contributed by atoms with van der Waals surface area (Å²) in [7, 11) is -2.22. The van der Waals surface area contributed by atoms with Crippen molar-refractivity contribution in [1.29, 1.82) is 0 Å². The van der Waals surface area contributed by atoms with E-state index in [1.165, 1.54) is 6.42 Å². The van der Waals surface area contributed by atoms with Gasteiger partial charge in [0.05, 0.1) is 0 Å². The van der Waals surface area contributed by atoms with Gasteiger partial charge in [0.2, 0.25) is 0 Å². The lowest BCUT2D eigenvalue weighted by atomic mass is 9.76. The van der Waals surface area contributed by atoms with Gasteiger partial charge in [0.15, 0.2) is 0 Å². The molecule has 0 aliphatic carbocycles. The number of piperidine rings is 1. The van der Waals surface area contributed by atoms with Crippen molar-refractivity contribution in [2.75, 3.05) is 0 Å². The van der Waals surface area contributed by atoms with Crippen LogP contribution in [0.4, 0.5) is 4.32 Å². The van der Waals surface area contributed by atoms with Crippen LogP contribution in [-0.2, 0) is 0 Å². The zero-order chi connectivity index (χ0) is 17.6. The highest BCUT2D eigenvalue weighted by molar-refractivity contribution is 7.78. The third-order valence-corrected chi connectivity index (χ3v) is 20.9. The van der Waals surface area contributed by atoms with Gasteiger partial charge in [0.1, 0.15) is 0 Å². The molecule has 6 heteroatoms. The van der Waals surface area contributed by atoms with Crippen LogP contribution in [0.1, 0.15) is 47.0 Å². The van der Waals surface area contributed by atoms with E-state index in [1.807, 2.05) is 0 Å². The molecule has 1 heterocycles. The first-order valence-electron chi connectivity index (χ1n) is 8.79. The van der Waals surface area contributed by atoms with E-state index in [0.717, 1.165) is 12.8 Å². The Morgan fingerprint density at radius 2 is 1.27 bits per heavy atom. The van der Waals surface area contributed by atoms with Gasteiger partial charge in [-0.3, -0.25) is 4.81 Å². The second kappa shape index (κ2) is 6.61. The molecule has 0 aromatic heterocycles. The van der Waals surface area contributed by atoms with Crippen molar-refractivity contribution in [1.82, 2.24) is 4.81 Å². The van der Waals surface area contributed by atoms with Gasteiger partial charge in [0, 0.05) is 27.2 Å². The molecule has 0 bridgehead atoms. The lowest BCUT2D eigenvalue weighted by molar-refractivity contribution is 0.0454. The van der Waals surface area contributed by atoms with E-state index in [4.69, 9.17) is 0 Å². The maximum Gasteiger partial charge on any atom is 0.454 e. The Morgan fingerprint density at radius 3 is 1.59 bits per heavy atom. The molecule has 1 aliphatic rings. The summed E-state index contributed by atoms with van der Waals surface area (Å²) in [5, 5.41) is 0. The highest BCUT2D eigenvalue weighted by Crippen LogP contribution is 2.46. The summed E-state index contributed by atoms with van der Waals surface area (Å²) in [6.07, 6.45) is 3.45. The Balaban J connectivity index is 3.04. The SMILES string of the molecule is CC1(C)CCCC(C)(C)N1B(F)PC([Si](C)(C)C)[Si](C)(C)C. The number of halogens is 1. The first-order chi connectivity index (χ1) is 9.59. The second-order valence-corrected chi connectivity index (χ2v) is 24.3. The van der Waals surface area contributed by atoms with E-state index in [1.54, 1.807) is 0 Å². The van der Waals surface area contributed by atoms with Gasteiger partial charge in [-0.05, 0) is 51.9 Å². The van der Waals surface area contributed by atoms with Crippen LogP contribution in [0, 0.1) is 0 Å². The van der Waals surface area contributed by atoms with E-state index < -0.39 is 23.0 Å². The maximum atomic E-state index is 15.6. The van der Waals surface area contributed by atoms with Crippen molar-refractivity contribution in [2.45, 2.75) is 102 Å². The fourth-order valence-corrected chi connectivity index (χ4v) is 21.0. The van der Waals surface area contributed by atoms with Crippen molar-refractivity contribution < 1.29 is 4.32 Å². The van der Waals surface area contributed by atoms with Gasteiger partial charge in [-0.15, -0.1) is 8.46 Å². The molecule has 22 heavy (non-hydrogen) atoms. The molecule has 1 saturated heterocycles. The normalized spacial score (nSPS) is 23.5. The van der Waals surface area contributed by atoms with Crippen molar-refractivity contribution in [3.8, 4) is 0 Å². The fourth-order valence-electron chi connectivity index (χ4n) is 4.64. The number of nitrogens with zero attached hydrogens (tertiary/aromatic N) is 1. The average molecular weight is 361 g/mol. The van der Waals surface area contributed by atoms with Gasteiger partial charge in [-0.2, -0.15) is 0 Å². The van der Waals surface area contributed by atoms with E-state index >= 15 is 4.32 Å². The zero-order valence-corrected chi connectivity index (χ0v) is 19.6. The topological polar surface area (TPSA) is 3.24 Å². The molecule has 0 spiro atoms. The predicted octanol–water partition coefficient (Wildman–Crippen LogP) is 5.79. The molecular formula is C16H38BFNPSi2. The molecule has 1 unspecified atom stereocenters. The molecule has 1 fully saturated rings. The summed E-state index contributed by atoms with van der Waals surface area (Å²) in [5.41, 5.74) is -0.0325. The first kappa shape index (κ1) is 20.9. The van der Waals surface area contributed by atoms with Crippen LogP contribution in [0.3, 0.4) is 0 Å². The smallest absolute Gasteiger partial charge is 0.305 e. The molecule has 1 aliphatic heterocycles. The molecule has 0 aromatic carbocycles. The van der Waals surface area contributed by atoms with E-state index in [2.05, 4.69) is 71.8 Å². The van der Waals surface area contributed by atoms with Gasteiger partial charge in [-0.25, -0.2) is 0 Å². The Kier molecular flexibility index (Phi) is 6.27. The molecule has 1 rings (SSSR count). The lowest BCUT2D eigenvalue weighted by Crippen LogP contribution is -2.63. The van der Waals surface area contributed by atoms with Crippen LogP contribution in [-0.4, -0.2) is 43.8 Å². The molecule has 0 saturated carbocycles.